The lowest BCUT2D eigenvalue weighted by atomic mass is 9.75. The van der Waals surface area contributed by atoms with E-state index in [9.17, 15) is 5.26 Å². The van der Waals surface area contributed by atoms with Gasteiger partial charge in [-0.25, -0.2) is 0 Å². The van der Waals surface area contributed by atoms with E-state index in [1.807, 2.05) is 6.07 Å². The number of benzene rings is 1. The number of nitrogens with zero attached hydrogens (tertiary/aromatic N) is 4. The van der Waals surface area contributed by atoms with Gasteiger partial charge in [0.05, 0.1) is 6.07 Å². The van der Waals surface area contributed by atoms with Crippen LogP contribution in [0.2, 0.25) is 0 Å². The molecule has 0 bridgehead atoms. The zero-order chi connectivity index (χ0) is 15.0. The molecule has 5 nitrogen and oxygen atoms in total. The molecule has 0 amide bonds. The van der Waals surface area contributed by atoms with Gasteiger partial charge in [0.25, 0.3) is 0 Å². The lowest BCUT2D eigenvalue weighted by Gasteiger charge is -2.36. The maximum absolute atomic E-state index is 9.51. The Morgan fingerprint density at radius 2 is 2.05 bits per heavy atom. The second-order valence-electron chi connectivity index (χ2n) is 5.61. The van der Waals surface area contributed by atoms with Gasteiger partial charge in [0.2, 0.25) is 0 Å². The highest BCUT2D eigenvalue weighted by atomic mass is 15.1. The average Bonchev–Trinajstić information content (AvgIpc) is 2.56. The van der Waals surface area contributed by atoms with Crippen molar-refractivity contribution < 1.29 is 0 Å². The number of azide groups is 1. The topological polar surface area (TPSA) is 84.6 Å². The minimum absolute atomic E-state index is 0.401. The predicted molar refractivity (Wildman–Crippen MR) is 82.6 cm³/mol. The van der Waals surface area contributed by atoms with Crippen LogP contribution in [-0.4, -0.2) is 18.6 Å². The number of rotatable bonds is 6. The Balaban J connectivity index is 1.84. The third-order valence-electron chi connectivity index (χ3n) is 4.29. The van der Waals surface area contributed by atoms with Crippen LogP contribution in [0.1, 0.15) is 43.6 Å². The first-order chi connectivity index (χ1) is 10.3. The summed E-state index contributed by atoms with van der Waals surface area (Å²) in [5, 5.41) is 16.4. The highest BCUT2D eigenvalue weighted by molar-refractivity contribution is 5.22. The molecule has 0 spiro atoms. The molecule has 0 heterocycles. The monoisotopic (exact) mass is 283 g/mol. The molecular formula is C16H21N5. The van der Waals surface area contributed by atoms with Crippen molar-refractivity contribution in [3.8, 4) is 6.07 Å². The van der Waals surface area contributed by atoms with Crippen LogP contribution >= 0.6 is 0 Å². The molecule has 1 aromatic carbocycles. The molecule has 1 fully saturated rings. The Labute approximate surface area is 125 Å². The minimum atomic E-state index is -0.401. The Morgan fingerprint density at radius 1 is 1.33 bits per heavy atom. The normalized spacial score (nSPS) is 24.8. The van der Waals surface area contributed by atoms with Gasteiger partial charge >= 0.3 is 0 Å². The number of hydrogen-bond acceptors (Lipinski definition) is 3. The third kappa shape index (κ3) is 4.22. The van der Waals surface area contributed by atoms with E-state index in [0.29, 0.717) is 12.5 Å². The van der Waals surface area contributed by atoms with Gasteiger partial charge < -0.3 is 0 Å². The van der Waals surface area contributed by atoms with Gasteiger partial charge in [-0.1, -0.05) is 35.4 Å². The van der Waals surface area contributed by atoms with Crippen molar-refractivity contribution in [2.75, 3.05) is 13.1 Å². The van der Waals surface area contributed by atoms with Crippen molar-refractivity contribution in [1.82, 2.24) is 5.32 Å². The van der Waals surface area contributed by atoms with Gasteiger partial charge in [-0.15, -0.1) is 0 Å². The summed E-state index contributed by atoms with van der Waals surface area (Å²) >= 11 is 0. The first-order valence-corrected chi connectivity index (χ1v) is 7.52. The molecule has 21 heavy (non-hydrogen) atoms. The van der Waals surface area contributed by atoms with E-state index in [1.54, 1.807) is 0 Å². The van der Waals surface area contributed by atoms with Crippen molar-refractivity contribution >= 4 is 0 Å². The van der Waals surface area contributed by atoms with Gasteiger partial charge in [-0.2, -0.15) is 5.26 Å². The maximum atomic E-state index is 9.51. The Hall–Kier alpha value is -2.02. The van der Waals surface area contributed by atoms with Gasteiger partial charge in [0.1, 0.15) is 5.54 Å². The molecule has 1 aliphatic rings. The van der Waals surface area contributed by atoms with Crippen molar-refractivity contribution in [2.45, 2.75) is 43.6 Å². The van der Waals surface area contributed by atoms with E-state index < -0.39 is 5.54 Å². The van der Waals surface area contributed by atoms with Crippen LogP contribution in [0.5, 0.6) is 0 Å². The molecule has 110 valence electrons. The van der Waals surface area contributed by atoms with E-state index in [0.717, 1.165) is 38.6 Å². The van der Waals surface area contributed by atoms with Gasteiger partial charge in [-0.3, -0.25) is 5.32 Å². The smallest absolute Gasteiger partial charge is 0.106 e. The van der Waals surface area contributed by atoms with E-state index in [1.165, 1.54) is 5.56 Å². The number of nitriles is 1. The van der Waals surface area contributed by atoms with Crippen molar-refractivity contribution in [1.29, 1.82) is 5.26 Å². The molecule has 0 unspecified atom stereocenters. The van der Waals surface area contributed by atoms with Crippen molar-refractivity contribution in [2.24, 2.45) is 5.11 Å². The second-order valence-corrected chi connectivity index (χ2v) is 5.61. The third-order valence-corrected chi connectivity index (χ3v) is 4.29. The largest absolute Gasteiger partial charge is 0.299 e. The number of hydrogen-bond donors (Lipinski definition) is 1. The summed E-state index contributed by atoms with van der Waals surface area (Å²) in [6, 6.07) is 13.0. The summed E-state index contributed by atoms with van der Waals surface area (Å²) in [6.45, 7) is 1.21. The number of nitrogens with one attached hydrogen (secondary N) is 1. The zero-order valence-electron chi connectivity index (χ0n) is 12.2. The standard InChI is InChI=1S/C16H21N5/c17-13-16(19-11-4-12-20-21-18)9-7-15(8-10-16)14-5-2-1-3-6-14/h1-3,5-6,15,19H,4,7-12H2. The summed E-state index contributed by atoms with van der Waals surface area (Å²) in [5.41, 5.74) is 9.21. The molecular weight excluding hydrogens is 262 g/mol. The van der Waals surface area contributed by atoms with Crippen molar-refractivity contribution in [3.63, 3.8) is 0 Å². The van der Waals surface area contributed by atoms with E-state index in [2.05, 4.69) is 45.7 Å². The molecule has 0 aliphatic heterocycles. The van der Waals surface area contributed by atoms with Crippen LogP contribution in [0.25, 0.3) is 10.4 Å². The quantitative estimate of drug-likeness (QED) is 0.371. The molecule has 1 N–H and O–H groups in total. The first kappa shape index (κ1) is 15.4. The fourth-order valence-electron chi connectivity index (χ4n) is 3.02. The Morgan fingerprint density at radius 3 is 2.67 bits per heavy atom. The van der Waals surface area contributed by atoms with Crippen LogP contribution < -0.4 is 5.32 Å². The summed E-state index contributed by atoms with van der Waals surface area (Å²) in [5.74, 6) is 0.567. The Kier molecular flexibility index (Phi) is 5.62. The molecule has 0 atom stereocenters. The van der Waals surface area contributed by atoms with Crippen molar-refractivity contribution in [3.05, 3.63) is 46.3 Å². The van der Waals surface area contributed by atoms with Gasteiger partial charge in [-0.05, 0) is 55.7 Å². The highest BCUT2D eigenvalue weighted by Gasteiger charge is 2.35. The fraction of sp³-hybridized carbons (Fsp3) is 0.562. The second kappa shape index (κ2) is 7.68. The maximum Gasteiger partial charge on any atom is 0.106 e. The van der Waals surface area contributed by atoms with Crippen LogP contribution in [0, 0.1) is 11.3 Å². The van der Waals surface area contributed by atoms with Gasteiger partial charge in [0, 0.05) is 11.5 Å². The summed E-state index contributed by atoms with van der Waals surface area (Å²) in [6.07, 6.45) is 4.62. The molecule has 0 radical (unpaired) electrons. The molecule has 1 aliphatic carbocycles. The van der Waals surface area contributed by atoms with Crippen LogP contribution in [0.15, 0.2) is 35.4 Å². The van der Waals surface area contributed by atoms with E-state index in [4.69, 9.17) is 5.53 Å². The molecule has 1 aromatic rings. The predicted octanol–water partition coefficient (Wildman–Crippen LogP) is 3.90. The summed E-state index contributed by atoms with van der Waals surface area (Å²) < 4.78 is 0. The molecule has 0 aromatic heterocycles. The highest BCUT2D eigenvalue weighted by Crippen LogP contribution is 2.37. The molecule has 5 heteroatoms. The van der Waals surface area contributed by atoms with Gasteiger partial charge in [0.15, 0.2) is 0 Å². The van der Waals surface area contributed by atoms with E-state index >= 15 is 0 Å². The molecule has 2 rings (SSSR count). The summed E-state index contributed by atoms with van der Waals surface area (Å²) in [7, 11) is 0. The fourth-order valence-corrected chi connectivity index (χ4v) is 3.02. The van der Waals surface area contributed by atoms with Crippen LogP contribution in [0.3, 0.4) is 0 Å². The van der Waals surface area contributed by atoms with E-state index in [-0.39, 0.29) is 0 Å². The lowest BCUT2D eigenvalue weighted by molar-refractivity contribution is 0.276. The Bertz CT molecular complexity index is 519. The first-order valence-electron chi connectivity index (χ1n) is 7.52. The average molecular weight is 283 g/mol. The molecule has 1 saturated carbocycles. The van der Waals surface area contributed by atoms with Crippen LogP contribution in [0.4, 0.5) is 0 Å². The lowest BCUT2D eigenvalue weighted by Crippen LogP contribution is -2.47. The minimum Gasteiger partial charge on any atom is -0.299 e. The SMILES string of the molecule is N#CC1(NCCCN=[N+]=[N-])CCC(c2ccccc2)CC1. The molecule has 0 saturated heterocycles. The summed E-state index contributed by atoms with van der Waals surface area (Å²) in [4.78, 5) is 2.73. The zero-order valence-corrected chi connectivity index (χ0v) is 12.2. The van der Waals surface area contributed by atoms with Crippen LogP contribution in [-0.2, 0) is 0 Å².